The first kappa shape index (κ1) is 10.4. The summed E-state index contributed by atoms with van der Waals surface area (Å²) in [6.45, 7) is 2.01. The third kappa shape index (κ3) is 5.85. The molecule has 0 aromatic rings. The van der Waals surface area contributed by atoms with E-state index < -0.39 is 0 Å². The fourth-order valence-corrected chi connectivity index (χ4v) is 1.24. The molecular weight excluding hydrogens is 144 g/mol. The molecule has 3 heteroatoms. The molecule has 1 saturated carbocycles. The third-order valence-corrected chi connectivity index (χ3v) is 1.99. The van der Waals surface area contributed by atoms with Gasteiger partial charge >= 0.3 is 0 Å². The molecule has 0 unspecified atom stereocenters. The number of hydrogen-bond acceptors (Lipinski definition) is 2. The molecule has 0 spiro atoms. The maximum absolute atomic E-state index is 9.03. The van der Waals surface area contributed by atoms with E-state index >= 15 is 0 Å². The van der Waals surface area contributed by atoms with Crippen LogP contribution in [0.1, 0.15) is 32.6 Å². The van der Waals surface area contributed by atoms with Gasteiger partial charge in [-0.15, -0.1) is 0 Å². The Kier molecular flexibility index (Phi) is 5.84. The van der Waals surface area contributed by atoms with Crippen molar-refractivity contribution in [3.05, 3.63) is 0 Å². The van der Waals surface area contributed by atoms with Crippen molar-refractivity contribution in [3.63, 3.8) is 0 Å². The van der Waals surface area contributed by atoms with E-state index in [2.05, 4.69) is 6.92 Å². The summed E-state index contributed by atoms with van der Waals surface area (Å²) in [5.74, 6) is 0.860. The number of rotatable bonds is 0. The SMILES string of the molecule is C[C@H]1CC[C@@H](O)CC1.O=CO. The minimum atomic E-state index is -0.250. The lowest BCUT2D eigenvalue weighted by atomic mass is 9.89. The van der Waals surface area contributed by atoms with Gasteiger partial charge in [-0.05, 0) is 31.6 Å². The van der Waals surface area contributed by atoms with E-state index in [0.717, 1.165) is 18.8 Å². The highest BCUT2D eigenvalue weighted by Gasteiger charge is 2.14. The average molecular weight is 160 g/mol. The maximum atomic E-state index is 9.03. The van der Waals surface area contributed by atoms with Gasteiger partial charge in [0, 0.05) is 0 Å². The summed E-state index contributed by atoms with van der Waals surface area (Å²) < 4.78 is 0. The standard InChI is InChI=1S/C7H14O.CH2O2/c1-6-2-4-7(8)5-3-6;2-1-3/h6-8H,2-5H2,1H3;1H,(H,2,3)/t6-,7+;. The lowest BCUT2D eigenvalue weighted by Gasteiger charge is -2.21. The van der Waals surface area contributed by atoms with E-state index in [0.29, 0.717) is 0 Å². The Morgan fingerprint density at radius 1 is 1.27 bits per heavy atom. The summed E-state index contributed by atoms with van der Waals surface area (Å²) in [6, 6.07) is 0. The molecule has 0 amide bonds. The highest BCUT2D eigenvalue weighted by Crippen LogP contribution is 2.22. The Hall–Kier alpha value is -0.570. The van der Waals surface area contributed by atoms with Crippen LogP contribution in [0.15, 0.2) is 0 Å². The van der Waals surface area contributed by atoms with Gasteiger partial charge in [0.2, 0.25) is 0 Å². The molecule has 2 N–H and O–H groups in total. The Balaban J connectivity index is 0.000000292. The number of aliphatic hydroxyl groups excluding tert-OH is 1. The van der Waals surface area contributed by atoms with E-state index in [1.54, 1.807) is 0 Å². The highest BCUT2D eigenvalue weighted by molar-refractivity contribution is 5.32. The molecule has 1 rings (SSSR count). The lowest BCUT2D eigenvalue weighted by Crippen LogP contribution is -2.15. The van der Waals surface area contributed by atoms with Gasteiger partial charge in [-0.25, -0.2) is 0 Å². The first-order valence-corrected chi connectivity index (χ1v) is 3.96. The van der Waals surface area contributed by atoms with Crippen LogP contribution in [0.2, 0.25) is 0 Å². The molecule has 0 aromatic carbocycles. The molecule has 0 aliphatic heterocycles. The normalized spacial score (nSPS) is 30.0. The zero-order valence-electron chi connectivity index (χ0n) is 6.86. The quantitative estimate of drug-likeness (QED) is 0.524. The van der Waals surface area contributed by atoms with Crippen LogP contribution in [0.3, 0.4) is 0 Å². The number of hydrogen-bond donors (Lipinski definition) is 2. The summed E-state index contributed by atoms with van der Waals surface area (Å²) >= 11 is 0. The second kappa shape index (κ2) is 6.16. The zero-order chi connectivity index (χ0) is 8.69. The van der Waals surface area contributed by atoms with Gasteiger partial charge in [0.1, 0.15) is 0 Å². The summed E-state index contributed by atoms with van der Waals surface area (Å²) in [6.07, 6.45) is 4.52. The fraction of sp³-hybridized carbons (Fsp3) is 0.875. The molecule has 3 nitrogen and oxygen atoms in total. The zero-order valence-corrected chi connectivity index (χ0v) is 6.86. The van der Waals surface area contributed by atoms with Crippen LogP contribution in [0, 0.1) is 5.92 Å². The minimum absolute atomic E-state index is 0.0196. The van der Waals surface area contributed by atoms with Gasteiger partial charge in [0.05, 0.1) is 6.10 Å². The molecule has 0 aromatic heterocycles. The van der Waals surface area contributed by atoms with Crippen LogP contribution in [0.5, 0.6) is 0 Å². The van der Waals surface area contributed by atoms with Crippen LogP contribution < -0.4 is 0 Å². The Labute approximate surface area is 67.0 Å². The summed E-state index contributed by atoms with van der Waals surface area (Å²) in [7, 11) is 0. The molecule has 11 heavy (non-hydrogen) atoms. The molecule has 0 heterocycles. The molecule has 0 saturated heterocycles. The Morgan fingerprint density at radius 2 is 1.64 bits per heavy atom. The summed E-state index contributed by atoms with van der Waals surface area (Å²) in [5, 5.41) is 15.9. The van der Waals surface area contributed by atoms with E-state index in [9.17, 15) is 0 Å². The van der Waals surface area contributed by atoms with Crippen LogP contribution in [0.4, 0.5) is 0 Å². The van der Waals surface area contributed by atoms with Crippen LogP contribution in [0.25, 0.3) is 0 Å². The topological polar surface area (TPSA) is 57.5 Å². The number of carboxylic acid groups (broad SMARTS) is 1. The molecule has 0 radical (unpaired) electrons. The van der Waals surface area contributed by atoms with E-state index in [4.69, 9.17) is 15.0 Å². The van der Waals surface area contributed by atoms with Crippen molar-refractivity contribution in [2.45, 2.75) is 38.7 Å². The van der Waals surface area contributed by atoms with E-state index in [1.807, 2.05) is 0 Å². The van der Waals surface area contributed by atoms with Crippen molar-refractivity contribution in [2.75, 3.05) is 0 Å². The number of carbonyl (C=O) groups is 1. The second-order valence-corrected chi connectivity index (χ2v) is 3.02. The summed E-state index contributed by atoms with van der Waals surface area (Å²) in [5.41, 5.74) is 0. The van der Waals surface area contributed by atoms with Crippen LogP contribution >= 0.6 is 0 Å². The van der Waals surface area contributed by atoms with Gasteiger partial charge in [-0.2, -0.15) is 0 Å². The van der Waals surface area contributed by atoms with Crippen LogP contribution in [-0.2, 0) is 4.79 Å². The highest BCUT2D eigenvalue weighted by atomic mass is 16.3. The van der Waals surface area contributed by atoms with Gasteiger partial charge in [0.25, 0.3) is 6.47 Å². The molecule has 0 bridgehead atoms. The van der Waals surface area contributed by atoms with Gasteiger partial charge in [0.15, 0.2) is 0 Å². The largest absolute Gasteiger partial charge is 0.483 e. The minimum Gasteiger partial charge on any atom is -0.483 e. The smallest absolute Gasteiger partial charge is 0.290 e. The fourth-order valence-electron chi connectivity index (χ4n) is 1.24. The predicted molar refractivity (Wildman–Crippen MR) is 42.3 cm³/mol. The van der Waals surface area contributed by atoms with Crippen molar-refractivity contribution in [2.24, 2.45) is 5.92 Å². The molecule has 0 atom stereocenters. The van der Waals surface area contributed by atoms with Gasteiger partial charge in [-0.3, -0.25) is 4.79 Å². The Bertz CT molecular complexity index is 85.5. The second-order valence-electron chi connectivity index (χ2n) is 3.02. The van der Waals surface area contributed by atoms with Crippen molar-refractivity contribution in [1.82, 2.24) is 0 Å². The molecular formula is C8H16O3. The molecule has 1 aliphatic carbocycles. The average Bonchev–Trinajstić information content (AvgIpc) is 1.97. The van der Waals surface area contributed by atoms with E-state index in [1.165, 1.54) is 12.8 Å². The maximum Gasteiger partial charge on any atom is 0.290 e. The molecule has 1 aliphatic rings. The van der Waals surface area contributed by atoms with Crippen molar-refractivity contribution < 1.29 is 15.0 Å². The van der Waals surface area contributed by atoms with E-state index in [-0.39, 0.29) is 12.6 Å². The third-order valence-electron chi connectivity index (χ3n) is 1.99. The van der Waals surface area contributed by atoms with Crippen molar-refractivity contribution in [1.29, 1.82) is 0 Å². The lowest BCUT2D eigenvalue weighted by molar-refractivity contribution is -0.122. The summed E-state index contributed by atoms with van der Waals surface area (Å²) in [4.78, 5) is 8.36. The Morgan fingerprint density at radius 3 is 1.91 bits per heavy atom. The van der Waals surface area contributed by atoms with Gasteiger partial charge < -0.3 is 10.2 Å². The number of aliphatic hydroxyl groups is 1. The molecule has 1 fully saturated rings. The molecule has 66 valence electrons. The van der Waals surface area contributed by atoms with Crippen molar-refractivity contribution >= 4 is 6.47 Å². The van der Waals surface area contributed by atoms with Crippen molar-refractivity contribution in [3.8, 4) is 0 Å². The monoisotopic (exact) mass is 160 g/mol. The predicted octanol–water partition coefficient (Wildman–Crippen LogP) is 1.26. The first-order chi connectivity index (χ1) is 5.20. The first-order valence-electron chi connectivity index (χ1n) is 3.96. The van der Waals surface area contributed by atoms with Crippen LogP contribution in [-0.4, -0.2) is 22.8 Å². The van der Waals surface area contributed by atoms with Gasteiger partial charge in [-0.1, -0.05) is 6.92 Å².